The maximum atomic E-state index is 11.0. The van der Waals surface area contributed by atoms with E-state index in [0.29, 0.717) is 6.42 Å². The molecule has 1 aromatic rings. The molecule has 3 nitrogen and oxygen atoms in total. The number of allylic oxidation sites excluding steroid dienone is 1. The predicted molar refractivity (Wildman–Crippen MR) is 95.4 cm³/mol. The molecule has 0 aliphatic rings. The first kappa shape index (κ1) is 19.5. The number of hydrogen-bond acceptors (Lipinski definition) is 3. The molecule has 1 aromatic heterocycles. The summed E-state index contributed by atoms with van der Waals surface area (Å²) >= 11 is 0. The minimum atomic E-state index is -0.0953. The van der Waals surface area contributed by atoms with E-state index in [4.69, 9.17) is 4.42 Å². The Kier molecular flexibility index (Phi) is 10.2. The Bertz CT molecular complexity index is 471. The maximum Gasteiger partial charge on any atom is 0.305 e. The van der Waals surface area contributed by atoms with Crippen molar-refractivity contribution in [1.82, 2.24) is 0 Å². The van der Waals surface area contributed by atoms with E-state index >= 15 is 0 Å². The summed E-state index contributed by atoms with van der Waals surface area (Å²) in [5.41, 5.74) is 1.26. The van der Waals surface area contributed by atoms with Crippen LogP contribution >= 0.6 is 0 Å². The monoisotopic (exact) mass is 320 g/mol. The Balaban J connectivity index is 2.12. The fourth-order valence-electron chi connectivity index (χ4n) is 2.61. The van der Waals surface area contributed by atoms with Gasteiger partial charge in [-0.25, -0.2) is 0 Å². The van der Waals surface area contributed by atoms with E-state index in [1.165, 1.54) is 44.8 Å². The van der Waals surface area contributed by atoms with Crippen molar-refractivity contribution in [2.45, 2.75) is 78.1 Å². The van der Waals surface area contributed by atoms with E-state index in [1.807, 2.05) is 0 Å². The number of unbranched alkanes of at least 4 members (excludes halogenated alkanes) is 6. The molecule has 0 aliphatic carbocycles. The van der Waals surface area contributed by atoms with Crippen molar-refractivity contribution in [2.75, 3.05) is 7.11 Å². The van der Waals surface area contributed by atoms with Crippen LogP contribution < -0.4 is 0 Å². The predicted octanol–water partition coefficient (Wildman–Crippen LogP) is 5.85. The van der Waals surface area contributed by atoms with E-state index in [1.54, 1.807) is 0 Å². The van der Waals surface area contributed by atoms with Gasteiger partial charge in [-0.05, 0) is 43.9 Å². The molecule has 0 aromatic carbocycles. The molecule has 1 heterocycles. The van der Waals surface area contributed by atoms with Gasteiger partial charge in [0.1, 0.15) is 11.5 Å². The summed E-state index contributed by atoms with van der Waals surface area (Å²) in [6.07, 6.45) is 15.0. The lowest BCUT2D eigenvalue weighted by Crippen LogP contribution is -1.99. The number of hydrogen-bond donors (Lipinski definition) is 0. The van der Waals surface area contributed by atoms with Gasteiger partial charge < -0.3 is 9.15 Å². The quantitative estimate of drug-likeness (QED) is 0.358. The highest BCUT2D eigenvalue weighted by Crippen LogP contribution is 2.19. The second-order valence-electron chi connectivity index (χ2n) is 6.14. The summed E-state index contributed by atoms with van der Waals surface area (Å²) in [4.78, 5) is 11.0. The van der Waals surface area contributed by atoms with Crippen LogP contribution in [0.3, 0.4) is 0 Å². The number of rotatable bonds is 12. The number of carbonyl (C=O) groups excluding carboxylic acids is 1. The Morgan fingerprint density at radius 1 is 1.17 bits per heavy atom. The first-order chi connectivity index (χ1) is 11.2. The van der Waals surface area contributed by atoms with Crippen LogP contribution in [-0.4, -0.2) is 13.1 Å². The van der Waals surface area contributed by atoms with Gasteiger partial charge in [-0.1, -0.05) is 45.1 Å². The van der Waals surface area contributed by atoms with Gasteiger partial charge in [0.05, 0.1) is 7.11 Å². The minimum absolute atomic E-state index is 0.0953. The van der Waals surface area contributed by atoms with Gasteiger partial charge in [-0.2, -0.15) is 0 Å². The van der Waals surface area contributed by atoms with Gasteiger partial charge in [0.2, 0.25) is 0 Å². The average Bonchev–Trinajstić information content (AvgIpc) is 2.90. The van der Waals surface area contributed by atoms with Crippen molar-refractivity contribution < 1.29 is 13.9 Å². The number of carbonyl (C=O) groups is 1. The van der Waals surface area contributed by atoms with Gasteiger partial charge in [-0.15, -0.1) is 0 Å². The van der Waals surface area contributed by atoms with Crippen LogP contribution in [0.25, 0.3) is 6.08 Å². The third kappa shape index (κ3) is 8.63. The van der Waals surface area contributed by atoms with Crippen molar-refractivity contribution >= 4 is 12.0 Å². The molecule has 0 spiro atoms. The van der Waals surface area contributed by atoms with Crippen LogP contribution in [0.1, 0.15) is 81.8 Å². The number of aryl methyl sites for hydroxylation is 2. The summed E-state index contributed by atoms with van der Waals surface area (Å²) in [5, 5.41) is 0. The molecular formula is C20H32O3. The van der Waals surface area contributed by atoms with E-state index in [-0.39, 0.29) is 5.97 Å². The lowest BCUT2D eigenvalue weighted by molar-refractivity contribution is -0.140. The van der Waals surface area contributed by atoms with Gasteiger partial charge >= 0.3 is 5.97 Å². The maximum absolute atomic E-state index is 11.0. The first-order valence-corrected chi connectivity index (χ1v) is 9.00. The van der Waals surface area contributed by atoms with Gasteiger partial charge in [0, 0.05) is 12.8 Å². The highest BCUT2D eigenvalue weighted by atomic mass is 16.5. The lowest BCUT2D eigenvalue weighted by atomic mass is 10.1. The molecule has 0 saturated heterocycles. The minimum Gasteiger partial charge on any atom is -0.469 e. The summed E-state index contributed by atoms with van der Waals surface area (Å²) < 4.78 is 10.5. The van der Waals surface area contributed by atoms with Gasteiger partial charge in [-0.3, -0.25) is 4.79 Å². The third-order valence-corrected chi connectivity index (χ3v) is 4.04. The normalized spacial score (nSPS) is 11.3. The molecule has 1 rings (SSSR count). The van der Waals surface area contributed by atoms with Gasteiger partial charge in [0.15, 0.2) is 0 Å². The van der Waals surface area contributed by atoms with Crippen LogP contribution in [0.2, 0.25) is 0 Å². The van der Waals surface area contributed by atoms with Crippen LogP contribution in [0.5, 0.6) is 0 Å². The Hall–Kier alpha value is -1.51. The molecule has 0 unspecified atom stereocenters. The summed E-state index contributed by atoms with van der Waals surface area (Å²) in [6.45, 7) is 4.31. The van der Waals surface area contributed by atoms with Gasteiger partial charge in [0.25, 0.3) is 0 Å². The Labute approximate surface area is 141 Å². The summed E-state index contributed by atoms with van der Waals surface area (Å²) in [7, 11) is 1.45. The molecule has 3 heteroatoms. The molecule has 23 heavy (non-hydrogen) atoms. The zero-order chi connectivity index (χ0) is 16.9. The molecule has 0 radical (unpaired) electrons. The van der Waals surface area contributed by atoms with E-state index < -0.39 is 0 Å². The zero-order valence-electron chi connectivity index (χ0n) is 15.0. The number of furan rings is 1. The summed E-state index contributed by atoms with van der Waals surface area (Å²) in [6, 6.07) is 2.13. The van der Waals surface area contributed by atoms with Crippen LogP contribution in [0.4, 0.5) is 0 Å². The number of esters is 1. The Morgan fingerprint density at radius 2 is 1.87 bits per heavy atom. The molecule has 0 atom stereocenters. The Morgan fingerprint density at radius 3 is 2.57 bits per heavy atom. The van der Waals surface area contributed by atoms with Crippen LogP contribution in [-0.2, 0) is 16.0 Å². The van der Waals surface area contributed by atoms with Crippen molar-refractivity contribution in [2.24, 2.45) is 0 Å². The molecule has 130 valence electrons. The van der Waals surface area contributed by atoms with Crippen molar-refractivity contribution in [1.29, 1.82) is 0 Å². The molecule has 0 saturated carbocycles. The number of methoxy groups -OCH3 is 1. The first-order valence-electron chi connectivity index (χ1n) is 9.00. The van der Waals surface area contributed by atoms with Crippen LogP contribution in [0.15, 0.2) is 16.6 Å². The highest BCUT2D eigenvalue weighted by Gasteiger charge is 2.05. The smallest absolute Gasteiger partial charge is 0.305 e. The average molecular weight is 320 g/mol. The molecule has 0 fully saturated rings. The summed E-state index contributed by atoms with van der Waals surface area (Å²) in [5.74, 6) is 2.02. The molecule has 0 N–H and O–H groups in total. The zero-order valence-corrected chi connectivity index (χ0v) is 15.0. The second kappa shape index (κ2) is 12.0. The number of ether oxygens (including phenoxy) is 1. The van der Waals surface area contributed by atoms with E-state index in [2.05, 4.69) is 36.8 Å². The third-order valence-electron chi connectivity index (χ3n) is 4.04. The molecule has 0 bridgehead atoms. The topological polar surface area (TPSA) is 39.4 Å². The van der Waals surface area contributed by atoms with Crippen molar-refractivity contribution in [3.63, 3.8) is 0 Å². The fraction of sp³-hybridized carbons (Fsp3) is 0.650. The standard InChI is InChI=1S/C20H32O3/c1-4-5-10-13-18-16-17(2)19(23-18)14-11-8-6-7-9-12-15-20(21)22-3/h10,13,16H,4-9,11-12,14-15H2,1-3H3/b13-10+. The van der Waals surface area contributed by atoms with E-state index in [9.17, 15) is 4.79 Å². The van der Waals surface area contributed by atoms with Crippen molar-refractivity contribution in [3.05, 3.63) is 29.2 Å². The van der Waals surface area contributed by atoms with Crippen molar-refractivity contribution in [3.8, 4) is 0 Å². The highest BCUT2D eigenvalue weighted by molar-refractivity contribution is 5.68. The fourth-order valence-corrected chi connectivity index (χ4v) is 2.61. The van der Waals surface area contributed by atoms with Crippen LogP contribution in [0, 0.1) is 6.92 Å². The molecular weight excluding hydrogens is 288 g/mol. The van der Waals surface area contributed by atoms with E-state index in [0.717, 1.165) is 37.2 Å². The SMILES string of the molecule is CCC/C=C/c1cc(C)c(CCCCCCCCC(=O)OC)o1. The second-order valence-corrected chi connectivity index (χ2v) is 6.14. The molecule has 0 aliphatic heterocycles. The molecule has 0 amide bonds. The largest absolute Gasteiger partial charge is 0.469 e. The lowest BCUT2D eigenvalue weighted by Gasteiger charge is -2.02.